The van der Waals surface area contributed by atoms with Crippen LogP contribution >= 0.6 is 23.1 Å². The first kappa shape index (κ1) is 15.1. The maximum atomic E-state index is 5.64. The van der Waals surface area contributed by atoms with Crippen molar-refractivity contribution in [1.29, 1.82) is 0 Å². The Bertz CT molecular complexity index is 221. The predicted octanol–water partition coefficient (Wildman–Crippen LogP) is 1.83. The number of rotatable bonds is 6. The molecular weight excluding hydrogens is 288 g/mol. The zero-order valence-corrected chi connectivity index (χ0v) is 12.7. The number of hydrogen-bond donors (Lipinski definition) is 0. The van der Waals surface area contributed by atoms with Gasteiger partial charge in [0.05, 0.1) is 0 Å². The minimum Gasteiger partial charge on any atom is -0.437 e. The first-order valence-corrected chi connectivity index (χ1v) is 6.13. The third-order valence-corrected chi connectivity index (χ3v) is 3.58. The molecular formula is C8H12BN2S2Y-. The van der Waals surface area contributed by atoms with E-state index in [0.29, 0.717) is 0 Å². The van der Waals surface area contributed by atoms with Gasteiger partial charge in [-0.25, -0.2) is 11.3 Å². The molecule has 0 amide bonds. The molecule has 6 heteroatoms. The molecule has 3 radical (unpaired) electrons. The van der Waals surface area contributed by atoms with Crippen LogP contribution in [0.2, 0.25) is 0 Å². The fourth-order valence-corrected chi connectivity index (χ4v) is 2.38. The van der Waals surface area contributed by atoms with Crippen molar-refractivity contribution >= 4 is 31.1 Å². The molecule has 0 saturated carbocycles. The Morgan fingerprint density at radius 1 is 1.71 bits per heavy atom. The Morgan fingerprint density at radius 3 is 3.07 bits per heavy atom. The molecule has 1 heterocycles. The first-order chi connectivity index (χ1) is 6.33. The Morgan fingerprint density at radius 2 is 2.50 bits per heavy atom. The average molecular weight is 300 g/mol. The second kappa shape index (κ2) is 9.34. The van der Waals surface area contributed by atoms with E-state index in [1.54, 1.807) is 23.1 Å². The second-order valence-corrected chi connectivity index (χ2v) is 4.77. The third-order valence-electron chi connectivity index (χ3n) is 1.59. The summed E-state index contributed by atoms with van der Waals surface area (Å²) in [5.41, 5.74) is 0. The maximum absolute atomic E-state index is 5.64. The molecule has 0 N–H and O–H groups in total. The van der Waals surface area contributed by atoms with Crippen molar-refractivity contribution in [3.8, 4) is 0 Å². The van der Waals surface area contributed by atoms with E-state index >= 15 is 0 Å². The van der Waals surface area contributed by atoms with Gasteiger partial charge in [-0.1, -0.05) is 12.3 Å². The smallest absolute Gasteiger partial charge is 0.182 e. The van der Waals surface area contributed by atoms with Crippen LogP contribution in [0.3, 0.4) is 0 Å². The molecule has 0 unspecified atom stereocenters. The van der Waals surface area contributed by atoms with Crippen LogP contribution in [0.4, 0.5) is 0 Å². The summed E-state index contributed by atoms with van der Waals surface area (Å²) in [7, 11) is 5.64. The Kier molecular flexibility index (Phi) is 10.1. The standard InChI is InChI=1S/C8H12BN2S2.Y/c1-2-11(9)5-3-6-12-8-10-4-7-13-8;/h7H,2-3,5-6H2,1H3;/q-1;. The van der Waals surface area contributed by atoms with Crippen LogP contribution in [0.25, 0.3) is 0 Å². The van der Waals surface area contributed by atoms with Gasteiger partial charge in [0.15, 0.2) is 7.98 Å². The Balaban J connectivity index is 0.00000169. The van der Waals surface area contributed by atoms with Gasteiger partial charge in [-0.2, -0.15) is 11.8 Å². The minimum absolute atomic E-state index is 0. The molecule has 1 aromatic rings. The summed E-state index contributed by atoms with van der Waals surface area (Å²) in [6.07, 6.45) is 3.91. The van der Waals surface area contributed by atoms with Gasteiger partial charge in [0.1, 0.15) is 0 Å². The summed E-state index contributed by atoms with van der Waals surface area (Å²) in [5.74, 6) is 1.08. The summed E-state index contributed by atoms with van der Waals surface area (Å²) in [5, 5.41) is 1.88. The van der Waals surface area contributed by atoms with E-state index in [1.165, 1.54) is 0 Å². The quantitative estimate of drug-likeness (QED) is 0.345. The normalized spacial score (nSPS) is 10.1. The molecule has 1 rings (SSSR count). The third kappa shape index (κ3) is 6.57. The van der Waals surface area contributed by atoms with E-state index in [1.807, 2.05) is 10.2 Å². The van der Waals surface area contributed by atoms with Crippen LogP contribution in [0.15, 0.2) is 9.72 Å². The largest absolute Gasteiger partial charge is 0.437 e. The summed E-state index contributed by atoms with van der Waals surface area (Å²) < 4.78 is 1.10. The molecule has 1 aromatic heterocycles. The molecule has 0 aliphatic rings. The number of thiazole rings is 1. The fourth-order valence-electron chi connectivity index (χ4n) is 0.834. The Labute approximate surface area is 121 Å². The molecule has 0 spiro atoms. The average Bonchev–Trinajstić information content (AvgIpc) is 2.64. The maximum Gasteiger partial charge on any atom is 0.182 e. The van der Waals surface area contributed by atoms with Crippen molar-refractivity contribution in [2.45, 2.75) is 17.7 Å². The van der Waals surface area contributed by atoms with Gasteiger partial charge < -0.3 is 9.79 Å². The van der Waals surface area contributed by atoms with E-state index in [2.05, 4.69) is 18.1 Å². The number of nitrogens with zero attached hydrogens (tertiary/aromatic N) is 2. The summed E-state index contributed by atoms with van der Waals surface area (Å²) in [6.45, 7) is 3.93. The number of aromatic nitrogens is 1. The van der Waals surface area contributed by atoms with Crippen LogP contribution in [0, 0.1) is 6.20 Å². The van der Waals surface area contributed by atoms with Gasteiger partial charge in [0.2, 0.25) is 0 Å². The SMILES string of the molecule is [B]N(CC)CCCSc1n[c-]cs1.[Y]. The molecule has 0 bridgehead atoms. The van der Waals surface area contributed by atoms with E-state index in [-0.39, 0.29) is 32.7 Å². The van der Waals surface area contributed by atoms with Crippen molar-refractivity contribution < 1.29 is 32.7 Å². The van der Waals surface area contributed by atoms with Gasteiger partial charge in [0.25, 0.3) is 0 Å². The van der Waals surface area contributed by atoms with Gasteiger partial charge in [-0.05, 0) is 29.6 Å². The molecule has 0 aliphatic carbocycles. The van der Waals surface area contributed by atoms with Crippen LogP contribution in [0.5, 0.6) is 0 Å². The summed E-state index contributed by atoms with van der Waals surface area (Å²) in [4.78, 5) is 5.89. The van der Waals surface area contributed by atoms with E-state index < -0.39 is 0 Å². The molecule has 0 fully saturated rings. The molecule has 2 nitrogen and oxygen atoms in total. The van der Waals surface area contributed by atoms with Crippen LogP contribution < -0.4 is 0 Å². The van der Waals surface area contributed by atoms with Crippen LogP contribution in [0.1, 0.15) is 13.3 Å². The molecule has 14 heavy (non-hydrogen) atoms. The van der Waals surface area contributed by atoms with Crippen molar-refractivity contribution in [1.82, 2.24) is 9.79 Å². The first-order valence-electron chi connectivity index (χ1n) is 4.27. The summed E-state index contributed by atoms with van der Waals surface area (Å²) >= 11 is 3.41. The topological polar surface area (TPSA) is 16.1 Å². The van der Waals surface area contributed by atoms with Crippen molar-refractivity contribution in [2.75, 3.05) is 18.8 Å². The van der Waals surface area contributed by atoms with Gasteiger partial charge >= 0.3 is 0 Å². The fraction of sp³-hybridized carbons (Fsp3) is 0.625. The van der Waals surface area contributed by atoms with Gasteiger partial charge in [0, 0.05) is 32.7 Å². The number of hydrogen-bond acceptors (Lipinski definition) is 4. The van der Waals surface area contributed by atoms with Gasteiger partial charge in [-0.3, -0.25) is 0 Å². The van der Waals surface area contributed by atoms with Gasteiger partial charge in [-0.15, -0.1) is 6.20 Å². The summed E-state index contributed by atoms with van der Waals surface area (Å²) in [6, 6.07) is 0. The van der Waals surface area contributed by atoms with E-state index in [9.17, 15) is 0 Å². The van der Waals surface area contributed by atoms with Crippen LogP contribution in [-0.2, 0) is 32.7 Å². The monoisotopic (exact) mass is 300 g/mol. The van der Waals surface area contributed by atoms with Crippen molar-refractivity contribution in [3.05, 3.63) is 11.6 Å². The van der Waals surface area contributed by atoms with E-state index in [0.717, 1.165) is 29.6 Å². The zero-order valence-electron chi connectivity index (χ0n) is 8.27. The molecule has 73 valence electrons. The second-order valence-electron chi connectivity index (χ2n) is 2.57. The predicted molar refractivity (Wildman–Crippen MR) is 59.3 cm³/mol. The molecule has 0 saturated heterocycles. The molecule has 0 aromatic carbocycles. The molecule has 0 aliphatic heterocycles. The Hall–Kier alpha value is 1.11. The van der Waals surface area contributed by atoms with E-state index in [4.69, 9.17) is 7.98 Å². The minimum atomic E-state index is 0. The van der Waals surface area contributed by atoms with Crippen molar-refractivity contribution in [3.63, 3.8) is 0 Å². The molecule has 0 atom stereocenters. The zero-order chi connectivity index (χ0) is 9.52. The van der Waals surface area contributed by atoms with Crippen LogP contribution in [-0.4, -0.2) is 36.6 Å². The number of thioether (sulfide) groups is 1. The van der Waals surface area contributed by atoms with Crippen molar-refractivity contribution in [2.24, 2.45) is 0 Å².